The Hall–Kier alpha value is -0.870. The predicted molar refractivity (Wildman–Crippen MR) is 58.1 cm³/mol. The Bertz CT molecular complexity index is 328. The number of halogens is 1. The van der Waals surface area contributed by atoms with Gasteiger partial charge in [-0.2, -0.15) is 0 Å². The molecular formula is C10H12BrNO2. The van der Waals surface area contributed by atoms with Crippen LogP contribution in [0.5, 0.6) is 0 Å². The van der Waals surface area contributed by atoms with E-state index >= 15 is 0 Å². The number of carbonyl (C=O) groups is 1. The van der Waals surface area contributed by atoms with E-state index in [9.17, 15) is 4.79 Å². The van der Waals surface area contributed by atoms with Gasteiger partial charge in [-0.1, -0.05) is 34.1 Å². The Morgan fingerprint density at radius 3 is 2.71 bits per heavy atom. The molecule has 0 aliphatic carbocycles. The van der Waals surface area contributed by atoms with E-state index in [1.165, 1.54) is 0 Å². The van der Waals surface area contributed by atoms with Crippen LogP contribution in [0.1, 0.15) is 12.0 Å². The molecule has 0 radical (unpaired) electrons. The molecule has 1 aromatic carbocycles. The monoisotopic (exact) mass is 257 g/mol. The smallest absolute Gasteiger partial charge is 0.304 e. The Balaban J connectivity index is 2.60. The van der Waals surface area contributed by atoms with E-state index in [-0.39, 0.29) is 12.5 Å². The van der Waals surface area contributed by atoms with Gasteiger partial charge in [-0.15, -0.1) is 0 Å². The molecule has 4 heteroatoms. The molecule has 0 aromatic heterocycles. The molecule has 0 saturated heterocycles. The van der Waals surface area contributed by atoms with E-state index in [1.54, 1.807) is 0 Å². The highest BCUT2D eigenvalue weighted by Crippen LogP contribution is 2.17. The largest absolute Gasteiger partial charge is 0.481 e. The molecule has 14 heavy (non-hydrogen) atoms. The summed E-state index contributed by atoms with van der Waals surface area (Å²) in [5.74, 6) is -0.857. The summed E-state index contributed by atoms with van der Waals surface area (Å²) < 4.78 is 0.973. The van der Waals surface area contributed by atoms with Gasteiger partial charge in [-0.25, -0.2) is 0 Å². The van der Waals surface area contributed by atoms with Crippen LogP contribution in [0.3, 0.4) is 0 Å². The van der Waals surface area contributed by atoms with E-state index in [0.717, 1.165) is 10.0 Å². The highest BCUT2D eigenvalue weighted by molar-refractivity contribution is 9.10. The van der Waals surface area contributed by atoms with Gasteiger partial charge in [0.1, 0.15) is 0 Å². The zero-order valence-corrected chi connectivity index (χ0v) is 9.20. The molecule has 0 bridgehead atoms. The maximum atomic E-state index is 10.4. The highest BCUT2D eigenvalue weighted by Gasteiger charge is 2.10. The van der Waals surface area contributed by atoms with E-state index in [1.807, 2.05) is 24.3 Å². The molecule has 1 aromatic rings. The van der Waals surface area contributed by atoms with Crippen molar-refractivity contribution in [2.75, 3.05) is 0 Å². The molecular weight excluding hydrogens is 246 g/mol. The predicted octanol–water partition coefficient (Wildman–Crippen LogP) is 1.79. The molecule has 0 spiro atoms. The Kier molecular flexibility index (Phi) is 4.10. The number of benzene rings is 1. The minimum absolute atomic E-state index is 0.00132. The molecule has 0 aliphatic rings. The summed E-state index contributed by atoms with van der Waals surface area (Å²) in [6.07, 6.45) is 0.578. The maximum absolute atomic E-state index is 10.4. The molecule has 3 nitrogen and oxygen atoms in total. The number of carboxylic acids is 1. The summed E-state index contributed by atoms with van der Waals surface area (Å²) in [6.45, 7) is 0. The molecule has 1 unspecified atom stereocenters. The van der Waals surface area contributed by atoms with Gasteiger partial charge in [0.15, 0.2) is 0 Å². The average Bonchev–Trinajstić information content (AvgIpc) is 2.07. The van der Waals surface area contributed by atoms with Crippen LogP contribution in [0.2, 0.25) is 0 Å². The van der Waals surface area contributed by atoms with Crippen LogP contribution >= 0.6 is 15.9 Å². The molecule has 0 fully saturated rings. The molecule has 1 rings (SSSR count). The maximum Gasteiger partial charge on any atom is 0.304 e. The normalized spacial score (nSPS) is 12.4. The SMILES string of the molecule is NC(CC(=O)O)Cc1ccccc1Br. The van der Waals surface area contributed by atoms with Gasteiger partial charge >= 0.3 is 5.97 Å². The fourth-order valence-electron chi connectivity index (χ4n) is 1.24. The Morgan fingerprint density at radius 2 is 2.14 bits per heavy atom. The lowest BCUT2D eigenvalue weighted by atomic mass is 10.0. The van der Waals surface area contributed by atoms with Crippen LogP contribution in [0, 0.1) is 0 Å². The fourth-order valence-corrected chi connectivity index (χ4v) is 1.69. The molecule has 3 N–H and O–H groups in total. The third-order valence-corrected chi connectivity index (χ3v) is 2.65. The molecule has 0 amide bonds. The standard InChI is InChI=1S/C10H12BrNO2/c11-9-4-2-1-3-7(9)5-8(12)6-10(13)14/h1-4,8H,5-6,12H2,(H,13,14). The van der Waals surface area contributed by atoms with E-state index in [4.69, 9.17) is 10.8 Å². The van der Waals surface area contributed by atoms with Gasteiger partial charge in [0, 0.05) is 10.5 Å². The van der Waals surface area contributed by atoms with Gasteiger partial charge in [-0.3, -0.25) is 4.79 Å². The van der Waals surface area contributed by atoms with E-state index < -0.39 is 5.97 Å². The highest BCUT2D eigenvalue weighted by atomic mass is 79.9. The fraction of sp³-hybridized carbons (Fsp3) is 0.300. The molecule has 76 valence electrons. The quantitative estimate of drug-likeness (QED) is 0.865. The topological polar surface area (TPSA) is 63.3 Å². The van der Waals surface area contributed by atoms with Gasteiger partial charge in [0.05, 0.1) is 6.42 Å². The van der Waals surface area contributed by atoms with Crippen LogP contribution in [0.4, 0.5) is 0 Å². The van der Waals surface area contributed by atoms with Crippen molar-refractivity contribution in [3.05, 3.63) is 34.3 Å². The van der Waals surface area contributed by atoms with E-state index in [0.29, 0.717) is 6.42 Å². The Morgan fingerprint density at radius 1 is 1.50 bits per heavy atom. The van der Waals surface area contributed by atoms with Crippen molar-refractivity contribution in [1.29, 1.82) is 0 Å². The summed E-state index contributed by atoms with van der Waals surface area (Å²) >= 11 is 3.39. The van der Waals surface area contributed by atoms with Crippen molar-refractivity contribution in [2.24, 2.45) is 5.73 Å². The number of hydrogen-bond donors (Lipinski definition) is 2. The van der Waals surface area contributed by atoms with Crippen molar-refractivity contribution < 1.29 is 9.90 Å². The van der Waals surface area contributed by atoms with Crippen molar-refractivity contribution in [3.8, 4) is 0 Å². The van der Waals surface area contributed by atoms with Crippen LogP contribution < -0.4 is 5.73 Å². The molecule has 0 aliphatic heterocycles. The first-order valence-corrected chi connectivity index (χ1v) is 5.09. The second kappa shape index (κ2) is 5.12. The number of rotatable bonds is 4. The number of hydrogen-bond acceptors (Lipinski definition) is 2. The first kappa shape index (κ1) is 11.2. The first-order chi connectivity index (χ1) is 6.59. The molecule has 1 atom stereocenters. The lowest BCUT2D eigenvalue weighted by Crippen LogP contribution is -2.26. The van der Waals surface area contributed by atoms with Gasteiger partial charge in [0.2, 0.25) is 0 Å². The van der Waals surface area contributed by atoms with Gasteiger partial charge < -0.3 is 10.8 Å². The van der Waals surface area contributed by atoms with Crippen LogP contribution in [-0.2, 0) is 11.2 Å². The zero-order valence-electron chi connectivity index (χ0n) is 7.61. The first-order valence-electron chi connectivity index (χ1n) is 4.30. The summed E-state index contributed by atoms with van der Waals surface area (Å²) in [5, 5.41) is 8.54. The summed E-state index contributed by atoms with van der Waals surface area (Å²) in [5.41, 5.74) is 6.72. The lowest BCUT2D eigenvalue weighted by molar-refractivity contribution is -0.137. The number of aliphatic carboxylic acids is 1. The van der Waals surface area contributed by atoms with Gasteiger partial charge in [0.25, 0.3) is 0 Å². The van der Waals surface area contributed by atoms with Crippen molar-refractivity contribution in [2.45, 2.75) is 18.9 Å². The zero-order chi connectivity index (χ0) is 10.6. The van der Waals surface area contributed by atoms with Crippen molar-refractivity contribution in [1.82, 2.24) is 0 Å². The number of carboxylic acid groups (broad SMARTS) is 1. The number of nitrogens with two attached hydrogens (primary N) is 1. The average molecular weight is 258 g/mol. The summed E-state index contributed by atoms with van der Waals surface area (Å²) in [6, 6.07) is 7.35. The summed E-state index contributed by atoms with van der Waals surface area (Å²) in [4.78, 5) is 10.4. The second-order valence-electron chi connectivity index (χ2n) is 3.15. The van der Waals surface area contributed by atoms with Gasteiger partial charge in [-0.05, 0) is 18.1 Å². The molecule has 0 heterocycles. The minimum atomic E-state index is -0.857. The van der Waals surface area contributed by atoms with Crippen LogP contribution in [0.15, 0.2) is 28.7 Å². The van der Waals surface area contributed by atoms with E-state index in [2.05, 4.69) is 15.9 Å². The summed E-state index contributed by atoms with van der Waals surface area (Å²) in [7, 11) is 0. The Labute approximate surface area is 91.1 Å². The molecule has 0 saturated carbocycles. The van der Waals surface area contributed by atoms with Crippen LogP contribution in [-0.4, -0.2) is 17.1 Å². The third-order valence-electron chi connectivity index (χ3n) is 1.88. The third kappa shape index (κ3) is 3.47. The van der Waals surface area contributed by atoms with Crippen molar-refractivity contribution >= 4 is 21.9 Å². The van der Waals surface area contributed by atoms with Crippen LogP contribution in [0.25, 0.3) is 0 Å². The lowest BCUT2D eigenvalue weighted by Gasteiger charge is -2.09. The van der Waals surface area contributed by atoms with Crippen molar-refractivity contribution in [3.63, 3.8) is 0 Å². The second-order valence-corrected chi connectivity index (χ2v) is 4.01. The minimum Gasteiger partial charge on any atom is -0.481 e.